The first kappa shape index (κ1) is 18.2. The summed E-state index contributed by atoms with van der Waals surface area (Å²) in [6.45, 7) is 1.97. The summed E-state index contributed by atoms with van der Waals surface area (Å²) in [7, 11) is -3.55. The van der Waals surface area contributed by atoms with Crippen LogP contribution in [0.1, 0.15) is 19.8 Å². The fraction of sp³-hybridized carbons (Fsp3) is 0.375. The molecule has 0 radical (unpaired) electrons. The van der Waals surface area contributed by atoms with Crippen LogP contribution in [0.5, 0.6) is 0 Å². The van der Waals surface area contributed by atoms with Gasteiger partial charge in [0.25, 0.3) is 0 Å². The molecule has 0 heterocycles. The van der Waals surface area contributed by atoms with E-state index in [1.165, 1.54) is 24.3 Å². The molecule has 2 atom stereocenters. The predicted molar refractivity (Wildman–Crippen MR) is 88.9 cm³/mol. The summed E-state index contributed by atoms with van der Waals surface area (Å²) < 4.78 is 26.1. The summed E-state index contributed by atoms with van der Waals surface area (Å²) in [6, 6.07) is 5.75. The molecule has 0 spiro atoms. The molecule has 0 aromatic heterocycles. The van der Waals surface area contributed by atoms with Gasteiger partial charge in [0, 0.05) is 12.2 Å². The largest absolute Gasteiger partial charge is 0.481 e. The Balaban J connectivity index is 2.09. The highest BCUT2D eigenvalue weighted by Gasteiger charge is 2.33. The Morgan fingerprint density at radius 1 is 1.12 bits per heavy atom. The van der Waals surface area contributed by atoms with E-state index in [0.717, 1.165) is 0 Å². The van der Waals surface area contributed by atoms with Crippen molar-refractivity contribution in [1.29, 1.82) is 0 Å². The summed E-state index contributed by atoms with van der Waals surface area (Å²) in [6.07, 6.45) is 4.27. The maximum Gasteiger partial charge on any atom is 0.307 e. The number of carboxylic acids is 1. The van der Waals surface area contributed by atoms with Crippen molar-refractivity contribution in [3.8, 4) is 0 Å². The van der Waals surface area contributed by atoms with Crippen molar-refractivity contribution in [2.24, 2.45) is 11.8 Å². The molecule has 0 fully saturated rings. The van der Waals surface area contributed by atoms with Gasteiger partial charge < -0.3 is 10.4 Å². The van der Waals surface area contributed by atoms with Crippen molar-refractivity contribution in [3.05, 3.63) is 36.4 Å². The minimum Gasteiger partial charge on any atom is -0.481 e. The van der Waals surface area contributed by atoms with Gasteiger partial charge in [-0.2, -0.15) is 0 Å². The number of amides is 1. The lowest BCUT2D eigenvalue weighted by molar-refractivity contribution is -0.146. The maximum atomic E-state index is 12.3. The average molecular weight is 352 g/mol. The molecule has 0 saturated heterocycles. The number of hydrogen-bond acceptors (Lipinski definition) is 4. The van der Waals surface area contributed by atoms with E-state index in [9.17, 15) is 23.1 Å². The van der Waals surface area contributed by atoms with Crippen molar-refractivity contribution in [1.82, 2.24) is 4.72 Å². The molecule has 1 aromatic carbocycles. The lowest BCUT2D eigenvalue weighted by atomic mass is 9.82. The molecule has 7 nitrogen and oxygen atoms in total. The van der Waals surface area contributed by atoms with E-state index in [-0.39, 0.29) is 17.3 Å². The Labute approximate surface area is 140 Å². The molecule has 3 N–H and O–H groups in total. The molecule has 24 heavy (non-hydrogen) atoms. The summed E-state index contributed by atoms with van der Waals surface area (Å²) >= 11 is 0. The number of rotatable bonds is 6. The molecular formula is C16H20N2O5S. The highest BCUT2D eigenvalue weighted by atomic mass is 32.2. The lowest BCUT2D eigenvalue weighted by Crippen LogP contribution is -2.34. The lowest BCUT2D eigenvalue weighted by Gasteiger charge is -2.24. The Hall–Kier alpha value is -2.19. The predicted octanol–water partition coefficient (Wildman–Crippen LogP) is 1.59. The van der Waals surface area contributed by atoms with Gasteiger partial charge in [0.1, 0.15) is 0 Å². The van der Waals surface area contributed by atoms with Crippen LogP contribution >= 0.6 is 0 Å². The zero-order chi connectivity index (χ0) is 17.7. The minimum absolute atomic E-state index is 0.103. The second-order valence-corrected chi connectivity index (χ2v) is 7.28. The van der Waals surface area contributed by atoms with Crippen LogP contribution in [-0.2, 0) is 19.6 Å². The Bertz CT molecular complexity index is 740. The molecule has 8 heteroatoms. The number of benzene rings is 1. The Morgan fingerprint density at radius 2 is 1.71 bits per heavy atom. The Morgan fingerprint density at radius 3 is 2.25 bits per heavy atom. The van der Waals surface area contributed by atoms with E-state index < -0.39 is 27.8 Å². The molecule has 1 aliphatic rings. The Kier molecular flexibility index (Phi) is 5.74. The van der Waals surface area contributed by atoms with E-state index in [2.05, 4.69) is 10.0 Å². The van der Waals surface area contributed by atoms with Crippen molar-refractivity contribution in [2.75, 3.05) is 11.9 Å². The first-order chi connectivity index (χ1) is 11.3. The topological polar surface area (TPSA) is 113 Å². The highest BCUT2D eigenvalue weighted by molar-refractivity contribution is 7.89. The number of anilines is 1. The normalized spacial score (nSPS) is 20.5. The van der Waals surface area contributed by atoms with Gasteiger partial charge in [-0.3, -0.25) is 9.59 Å². The van der Waals surface area contributed by atoms with Crippen molar-refractivity contribution in [3.63, 3.8) is 0 Å². The van der Waals surface area contributed by atoms with E-state index in [4.69, 9.17) is 0 Å². The summed E-state index contributed by atoms with van der Waals surface area (Å²) in [4.78, 5) is 23.7. The van der Waals surface area contributed by atoms with Crippen molar-refractivity contribution >= 4 is 27.6 Å². The van der Waals surface area contributed by atoms with Crippen LogP contribution in [0.3, 0.4) is 0 Å². The highest BCUT2D eigenvalue weighted by Crippen LogP contribution is 2.27. The third-order valence-corrected chi connectivity index (χ3v) is 5.41. The number of carbonyl (C=O) groups is 2. The van der Waals surface area contributed by atoms with Gasteiger partial charge in [-0.05, 0) is 37.1 Å². The summed E-state index contributed by atoms with van der Waals surface area (Å²) in [5, 5.41) is 11.9. The van der Waals surface area contributed by atoms with Gasteiger partial charge >= 0.3 is 5.97 Å². The van der Waals surface area contributed by atoms with Gasteiger partial charge in [0.05, 0.1) is 16.7 Å². The smallest absolute Gasteiger partial charge is 0.307 e. The second kappa shape index (κ2) is 7.59. The van der Waals surface area contributed by atoms with Gasteiger partial charge in [0.2, 0.25) is 15.9 Å². The van der Waals surface area contributed by atoms with E-state index in [0.29, 0.717) is 18.5 Å². The first-order valence-electron chi connectivity index (χ1n) is 7.63. The number of carboxylic acid groups (broad SMARTS) is 1. The van der Waals surface area contributed by atoms with Gasteiger partial charge in [-0.15, -0.1) is 0 Å². The molecule has 0 bridgehead atoms. The van der Waals surface area contributed by atoms with Gasteiger partial charge in [-0.1, -0.05) is 19.1 Å². The molecule has 2 rings (SSSR count). The number of allylic oxidation sites excluding steroid dienone is 2. The molecule has 130 valence electrons. The molecule has 0 saturated carbocycles. The van der Waals surface area contributed by atoms with E-state index >= 15 is 0 Å². The zero-order valence-electron chi connectivity index (χ0n) is 13.2. The third-order valence-electron chi connectivity index (χ3n) is 3.85. The third kappa shape index (κ3) is 4.21. The number of hydrogen-bond donors (Lipinski definition) is 3. The van der Waals surface area contributed by atoms with Crippen LogP contribution in [0.15, 0.2) is 41.3 Å². The number of aliphatic carboxylic acids is 1. The maximum absolute atomic E-state index is 12.3. The molecule has 2 unspecified atom stereocenters. The number of nitrogens with one attached hydrogen (secondary N) is 2. The van der Waals surface area contributed by atoms with Crippen molar-refractivity contribution < 1.29 is 23.1 Å². The van der Waals surface area contributed by atoms with E-state index in [1.807, 2.05) is 0 Å². The molecule has 0 aliphatic heterocycles. The van der Waals surface area contributed by atoms with E-state index in [1.54, 1.807) is 19.1 Å². The fourth-order valence-corrected chi connectivity index (χ4v) is 3.64. The standard InChI is InChI=1S/C16H20N2O5S/c1-2-17-24(22,23)12-9-7-11(8-10-12)18-15(19)13-5-3-4-6-14(13)16(20)21/h3-4,7-10,13-14,17H,2,5-6H2,1H3,(H,18,19)(H,20,21). The SMILES string of the molecule is CCNS(=O)(=O)c1ccc(NC(=O)C2CC=CCC2C(=O)O)cc1. The number of sulfonamides is 1. The minimum atomic E-state index is -3.55. The molecular weight excluding hydrogens is 332 g/mol. The van der Waals surface area contributed by atoms with Gasteiger partial charge in [-0.25, -0.2) is 13.1 Å². The van der Waals surface area contributed by atoms with Crippen LogP contribution in [0.4, 0.5) is 5.69 Å². The summed E-state index contributed by atoms with van der Waals surface area (Å²) in [5.74, 6) is -2.76. The van der Waals surface area contributed by atoms with Crippen LogP contribution in [0.2, 0.25) is 0 Å². The zero-order valence-corrected chi connectivity index (χ0v) is 14.0. The quantitative estimate of drug-likeness (QED) is 0.673. The van der Waals surface area contributed by atoms with Crippen molar-refractivity contribution in [2.45, 2.75) is 24.7 Å². The van der Waals surface area contributed by atoms with Crippen LogP contribution in [0, 0.1) is 11.8 Å². The van der Waals surface area contributed by atoms with Gasteiger partial charge in [0.15, 0.2) is 0 Å². The molecule has 1 aliphatic carbocycles. The summed E-state index contributed by atoms with van der Waals surface area (Å²) in [5.41, 5.74) is 0.425. The van der Waals surface area contributed by atoms with Crippen LogP contribution in [-0.4, -0.2) is 31.9 Å². The second-order valence-electron chi connectivity index (χ2n) is 5.51. The fourth-order valence-electron chi connectivity index (χ4n) is 2.60. The molecule has 1 aromatic rings. The average Bonchev–Trinajstić information content (AvgIpc) is 2.55. The number of carbonyl (C=O) groups excluding carboxylic acids is 1. The van der Waals surface area contributed by atoms with Crippen LogP contribution < -0.4 is 10.0 Å². The van der Waals surface area contributed by atoms with Crippen LogP contribution in [0.25, 0.3) is 0 Å². The monoisotopic (exact) mass is 352 g/mol. The first-order valence-corrected chi connectivity index (χ1v) is 9.12. The molecule has 1 amide bonds.